The van der Waals surface area contributed by atoms with Crippen molar-refractivity contribution in [1.29, 1.82) is 0 Å². The maximum Gasteiger partial charge on any atom is 0.251 e. The molecular formula is C23H27N3O2. The van der Waals surface area contributed by atoms with Gasteiger partial charge in [-0.3, -0.25) is 14.5 Å². The lowest BCUT2D eigenvalue weighted by Gasteiger charge is -2.16. The number of anilines is 1. The number of carbonyl (C=O) groups is 2. The number of benzene rings is 2. The van der Waals surface area contributed by atoms with Crippen molar-refractivity contribution in [1.82, 2.24) is 10.2 Å². The van der Waals surface area contributed by atoms with Crippen LogP contribution in [0.2, 0.25) is 0 Å². The Kier molecular flexibility index (Phi) is 5.72. The van der Waals surface area contributed by atoms with E-state index < -0.39 is 0 Å². The number of nitrogens with one attached hydrogen (secondary N) is 1. The van der Waals surface area contributed by atoms with Crippen molar-refractivity contribution in [3.05, 3.63) is 65.2 Å². The van der Waals surface area contributed by atoms with Crippen LogP contribution in [0, 0.1) is 0 Å². The Hall–Kier alpha value is -2.66. The van der Waals surface area contributed by atoms with E-state index in [1.165, 1.54) is 31.5 Å². The summed E-state index contributed by atoms with van der Waals surface area (Å²) in [4.78, 5) is 28.5. The van der Waals surface area contributed by atoms with E-state index >= 15 is 0 Å². The lowest BCUT2D eigenvalue weighted by molar-refractivity contribution is -0.117. The lowest BCUT2D eigenvalue weighted by Crippen LogP contribution is -2.25. The number of likely N-dealkylation sites (tertiary alicyclic amines) is 1. The molecule has 2 aliphatic heterocycles. The van der Waals surface area contributed by atoms with Gasteiger partial charge in [0.25, 0.3) is 5.91 Å². The molecule has 28 heavy (non-hydrogen) atoms. The van der Waals surface area contributed by atoms with Crippen molar-refractivity contribution in [3.63, 3.8) is 0 Å². The Balaban J connectivity index is 1.29. The summed E-state index contributed by atoms with van der Waals surface area (Å²) in [6, 6.07) is 15.8. The van der Waals surface area contributed by atoms with Crippen molar-refractivity contribution in [3.8, 4) is 0 Å². The second-order valence-corrected chi connectivity index (χ2v) is 7.68. The molecule has 0 radical (unpaired) electrons. The van der Waals surface area contributed by atoms with Crippen LogP contribution in [-0.2, 0) is 17.9 Å². The number of nitrogens with zero attached hydrogens (tertiary/aromatic N) is 2. The Morgan fingerprint density at radius 1 is 0.857 bits per heavy atom. The monoisotopic (exact) mass is 377 g/mol. The third-order valence-corrected chi connectivity index (χ3v) is 5.60. The maximum absolute atomic E-state index is 12.4. The highest BCUT2D eigenvalue weighted by Crippen LogP contribution is 2.21. The lowest BCUT2D eigenvalue weighted by atomic mass is 10.1. The summed E-state index contributed by atoms with van der Waals surface area (Å²) < 4.78 is 0. The van der Waals surface area contributed by atoms with Crippen LogP contribution in [0.3, 0.4) is 0 Å². The van der Waals surface area contributed by atoms with Gasteiger partial charge in [0.2, 0.25) is 5.91 Å². The summed E-state index contributed by atoms with van der Waals surface area (Å²) in [6.07, 6.45) is 4.12. The molecule has 5 heteroatoms. The first-order valence-corrected chi connectivity index (χ1v) is 10.2. The van der Waals surface area contributed by atoms with E-state index in [2.05, 4.69) is 34.5 Å². The minimum atomic E-state index is -0.0968. The number of carbonyl (C=O) groups excluding carboxylic acids is 2. The average molecular weight is 377 g/mol. The predicted molar refractivity (Wildman–Crippen MR) is 110 cm³/mol. The van der Waals surface area contributed by atoms with E-state index in [0.29, 0.717) is 18.5 Å². The van der Waals surface area contributed by atoms with Crippen molar-refractivity contribution >= 4 is 17.5 Å². The molecule has 5 nitrogen and oxygen atoms in total. The zero-order valence-corrected chi connectivity index (χ0v) is 16.2. The van der Waals surface area contributed by atoms with Crippen molar-refractivity contribution in [2.75, 3.05) is 24.5 Å². The van der Waals surface area contributed by atoms with Gasteiger partial charge >= 0.3 is 0 Å². The highest BCUT2D eigenvalue weighted by atomic mass is 16.2. The summed E-state index contributed by atoms with van der Waals surface area (Å²) >= 11 is 0. The van der Waals surface area contributed by atoms with Gasteiger partial charge in [-0.15, -0.1) is 0 Å². The molecule has 2 aromatic rings. The zero-order chi connectivity index (χ0) is 19.3. The summed E-state index contributed by atoms with van der Waals surface area (Å²) in [5, 5.41) is 2.98. The van der Waals surface area contributed by atoms with Gasteiger partial charge in [-0.1, -0.05) is 24.3 Å². The number of hydrogen-bond acceptors (Lipinski definition) is 3. The molecular weight excluding hydrogens is 350 g/mol. The molecule has 0 bridgehead atoms. The topological polar surface area (TPSA) is 52.7 Å². The number of hydrogen-bond donors (Lipinski definition) is 1. The first kappa shape index (κ1) is 18.7. The maximum atomic E-state index is 12.4. The fourth-order valence-corrected chi connectivity index (χ4v) is 3.96. The van der Waals surface area contributed by atoms with Crippen LogP contribution < -0.4 is 10.2 Å². The Morgan fingerprint density at radius 2 is 1.54 bits per heavy atom. The second kappa shape index (κ2) is 8.57. The first-order valence-electron chi connectivity index (χ1n) is 10.2. The Labute approximate surface area is 166 Å². The molecule has 0 spiro atoms. The third-order valence-electron chi connectivity index (χ3n) is 5.60. The fourth-order valence-electron chi connectivity index (χ4n) is 3.96. The van der Waals surface area contributed by atoms with E-state index in [-0.39, 0.29) is 11.8 Å². The third kappa shape index (κ3) is 4.42. The van der Waals surface area contributed by atoms with E-state index in [4.69, 9.17) is 0 Å². The molecule has 2 saturated heterocycles. The van der Waals surface area contributed by atoms with Crippen molar-refractivity contribution in [2.45, 2.75) is 38.8 Å². The quantitative estimate of drug-likeness (QED) is 0.840. The molecule has 0 saturated carbocycles. The normalized spacial score (nSPS) is 17.3. The van der Waals surface area contributed by atoms with Crippen LogP contribution in [0.4, 0.5) is 5.69 Å². The van der Waals surface area contributed by atoms with E-state index in [1.54, 1.807) is 17.0 Å². The minimum absolute atomic E-state index is 0.0968. The summed E-state index contributed by atoms with van der Waals surface area (Å²) in [7, 11) is 0. The van der Waals surface area contributed by atoms with Crippen molar-refractivity contribution < 1.29 is 9.59 Å². The van der Waals surface area contributed by atoms with Gasteiger partial charge in [0.1, 0.15) is 0 Å². The Bertz CT molecular complexity index is 824. The van der Waals surface area contributed by atoms with Gasteiger partial charge in [0.05, 0.1) is 0 Å². The molecule has 0 unspecified atom stereocenters. The SMILES string of the molecule is O=C(NCc1ccc(CN2CCCC2)cc1)c1ccc(N2CCCC2=O)cc1. The molecule has 2 amide bonds. The predicted octanol–water partition coefficient (Wildman–Crippen LogP) is 3.34. The standard InChI is InChI=1S/C23H27N3O2/c27-22-4-3-15-26(22)21-11-9-20(10-12-21)23(28)24-16-18-5-7-19(8-6-18)17-25-13-1-2-14-25/h5-12H,1-4,13-17H2,(H,24,28). The van der Waals surface area contributed by atoms with Gasteiger partial charge in [-0.25, -0.2) is 0 Å². The summed E-state index contributed by atoms with van der Waals surface area (Å²) in [5.41, 5.74) is 3.90. The smallest absolute Gasteiger partial charge is 0.251 e. The highest BCUT2D eigenvalue weighted by Gasteiger charge is 2.21. The largest absolute Gasteiger partial charge is 0.348 e. The average Bonchev–Trinajstić information content (AvgIpc) is 3.39. The first-order chi connectivity index (χ1) is 13.7. The van der Waals surface area contributed by atoms with Gasteiger partial charge in [-0.2, -0.15) is 0 Å². The highest BCUT2D eigenvalue weighted by molar-refractivity contribution is 5.97. The molecule has 146 valence electrons. The molecule has 1 N–H and O–H groups in total. The van der Waals surface area contributed by atoms with Crippen LogP contribution in [0.15, 0.2) is 48.5 Å². The van der Waals surface area contributed by atoms with Crippen molar-refractivity contribution in [2.24, 2.45) is 0 Å². The second-order valence-electron chi connectivity index (χ2n) is 7.68. The van der Waals surface area contributed by atoms with Gasteiger partial charge in [-0.05, 0) is 67.7 Å². The van der Waals surface area contributed by atoms with Crippen LogP contribution in [0.5, 0.6) is 0 Å². The molecule has 0 atom stereocenters. The van der Waals surface area contributed by atoms with Gasteiger partial charge < -0.3 is 10.2 Å². The molecule has 0 aliphatic carbocycles. The van der Waals surface area contributed by atoms with E-state index in [9.17, 15) is 9.59 Å². The number of amides is 2. The van der Waals surface area contributed by atoms with E-state index in [1.807, 2.05) is 12.1 Å². The number of rotatable bonds is 6. The molecule has 2 aromatic carbocycles. The van der Waals surface area contributed by atoms with Crippen LogP contribution in [-0.4, -0.2) is 36.3 Å². The Morgan fingerprint density at radius 3 is 2.18 bits per heavy atom. The van der Waals surface area contributed by atoms with Crippen LogP contribution in [0.25, 0.3) is 0 Å². The molecule has 2 aliphatic rings. The molecule has 0 aromatic heterocycles. The molecule has 2 fully saturated rings. The molecule has 4 rings (SSSR count). The fraction of sp³-hybridized carbons (Fsp3) is 0.391. The van der Waals surface area contributed by atoms with Crippen LogP contribution >= 0.6 is 0 Å². The van der Waals surface area contributed by atoms with Crippen LogP contribution in [0.1, 0.15) is 47.2 Å². The summed E-state index contributed by atoms with van der Waals surface area (Å²) in [6.45, 7) is 4.68. The van der Waals surface area contributed by atoms with Gasteiger partial charge in [0, 0.05) is 37.3 Å². The van der Waals surface area contributed by atoms with Gasteiger partial charge in [0.15, 0.2) is 0 Å². The minimum Gasteiger partial charge on any atom is -0.348 e. The summed E-state index contributed by atoms with van der Waals surface area (Å²) in [5.74, 6) is 0.0609. The zero-order valence-electron chi connectivity index (χ0n) is 16.2. The molecule has 2 heterocycles. The van der Waals surface area contributed by atoms with E-state index in [0.717, 1.165) is 30.8 Å².